The van der Waals surface area contributed by atoms with E-state index in [-0.39, 0.29) is 5.97 Å². The van der Waals surface area contributed by atoms with Crippen molar-refractivity contribution in [2.45, 2.75) is 19.3 Å². The van der Waals surface area contributed by atoms with Crippen LogP contribution in [0.5, 0.6) is 0 Å². The summed E-state index contributed by atoms with van der Waals surface area (Å²) < 4.78 is 4.92. The van der Waals surface area contributed by atoms with Crippen molar-refractivity contribution >= 4 is 5.97 Å². The minimum absolute atomic E-state index is 0.204. The number of carbonyl (C=O) groups excluding carboxylic acids is 1. The molecule has 0 unspecified atom stereocenters. The van der Waals surface area contributed by atoms with Crippen LogP contribution in [0.25, 0.3) is 11.1 Å². The maximum Gasteiger partial charge on any atom is 0.338 e. The van der Waals surface area contributed by atoms with Crippen molar-refractivity contribution < 1.29 is 9.53 Å². The summed E-state index contributed by atoms with van der Waals surface area (Å²) in [4.78, 5) is 11.9. The van der Waals surface area contributed by atoms with Gasteiger partial charge in [0.05, 0.1) is 12.7 Å². The Morgan fingerprint density at radius 2 is 1.76 bits per heavy atom. The average Bonchev–Trinajstić information content (AvgIpc) is 2.82. The molecular weight excluding hydrogens is 212 g/mol. The highest BCUT2D eigenvalue weighted by Crippen LogP contribution is 2.41. The van der Waals surface area contributed by atoms with E-state index >= 15 is 0 Å². The summed E-state index contributed by atoms with van der Waals surface area (Å²) in [6, 6.07) is 10.1. The Labute approximate surface area is 101 Å². The van der Waals surface area contributed by atoms with Gasteiger partial charge in [0.25, 0.3) is 0 Å². The molecule has 2 heteroatoms. The van der Waals surface area contributed by atoms with E-state index in [0.717, 1.165) is 30.4 Å². The molecule has 0 saturated carbocycles. The summed E-state index contributed by atoms with van der Waals surface area (Å²) in [6.07, 6.45) is 3.22. The summed E-state index contributed by atoms with van der Waals surface area (Å²) in [5.74, 6) is -0.204. The molecule has 17 heavy (non-hydrogen) atoms. The van der Waals surface area contributed by atoms with E-state index in [4.69, 9.17) is 4.74 Å². The molecule has 3 rings (SSSR count). The fourth-order valence-electron chi connectivity index (χ4n) is 2.84. The van der Waals surface area contributed by atoms with E-state index in [0.29, 0.717) is 0 Å². The highest BCUT2D eigenvalue weighted by Gasteiger charge is 2.29. The van der Waals surface area contributed by atoms with Gasteiger partial charge in [0, 0.05) is 0 Å². The highest BCUT2D eigenvalue weighted by atomic mass is 16.5. The van der Waals surface area contributed by atoms with Crippen LogP contribution in [-0.2, 0) is 17.6 Å². The fourth-order valence-corrected chi connectivity index (χ4v) is 2.84. The average molecular weight is 226 g/mol. The first kappa shape index (κ1) is 10.3. The Kier molecular flexibility index (Phi) is 2.36. The van der Waals surface area contributed by atoms with Crippen LogP contribution in [0.1, 0.15) is 27.9 Å². The smallest absolute Gasteiger partial charge is 0.338 e. The van der Waals surface area contributed by atoms with Crippen molar-refractivity contribution in [3.8, 4) is 11.1 Å². The van der Waals surface area contributed by atoms with Gasteiger partial charge in [-0.05, 0) is 41.5 Å². The first-order valence-corrected chi connectivity index (χ1v) is 5.93. The van der Waals surface area contributed by atoms with Gasteiger partial charge in [-0.1, -0.05) is 30.3 Å². The van der Waals surface area contributed by atoms with Crippen molar-refractivity contribution in [3.63, 3.8) is 0 Å². The Hall–Kier alpha value is -1.83. The number of esters is 1. The van der Waals surface area contributed by atoms with Crippen molar-refractivity contribution in [1.29, 1.82) is 0 Å². The zero-order valence-corrected chi connectivity index (χ0v) is 9.82. The summed E-state index contributed by atoms with van der Waals surface area (Å²) in [5, 5.41) is 0. The van der Waals surface area contributed by atoms with Crippen molar-refractivity contribution in [2.75, 3.05) is 7.11 Å². The molecule has 0 amide bonds. The molecule has 0 bridgehead atoms. The molecule has 0 N–H and O–H groups in total. The first-order valence-electron chi connectivity index (χ1n) is 5.93. The minimum atomic E-state index is -0.204. The maximum atomic E-state index is 11.9. The van der Waals surface area contributed by atoms with Crippen molar-refractivity contribution in [2.24, 2.45) is 0 Å². The van der Waals surface area contributed by atoms with Crippen LogP contribution in [0.4, 0.5) is 0 Å². The van der Waals surface area contributed by atoms with E-state index < -0.39 is 0 Å². The lowest BCUT2D eigenvalue weighted by Gasteiger charge is -2.02. The molecule has 0 aromatic heterocycles. The predicted molar refractivity (Wildman–Crippen MR) is 66.4 cm³/mol. The van der Waals surface area contributed by atoms with Crippen LogP contribution in [0, 0.1) is 0 Å². The largest absolute Gasteiger partial charge is 0.465 e. The number of fused-ring (bicyclic) bond motifs is 3. The second-order valence-corrected chi connectivity index (χ2v) is 4.42. The van der Waals surface area contributed by atoms with E-state index in [1.807, 2.05) is 24.3 Å². The molecule has 3 aliphatic rings. The molecule has 0 saturated heterocycles. The molecule has 86 valence electrons. The van der Waals surface area contributed by atoms with Gasteiger partial charge in [-0.15, -0.1) is 0 Å². The molecule has 0 fully saturated rings. The molecule has 2 nitrogen and oxygen atoms in total. The summed E-state index contributed by atoms with van der Waals surface area (Å²) >= 11 is 0. The quantitative estimate of drug-likeness (QED) is 0.698. The zero-order valence-electron chi connectivity index (χ0n) is 9.82. The lowest BCUT2D eigenvalue weighted by Crippen LogP contribution is -2.03. The van der Waals surface area contributed by atoms with Crippen LogP contribution in [0.3, 0.4) is 0 Å². The van der Waals surface area contributed by atoms with E-state index in [1.165, 1.54) is 23.8 Å². The van der Waals surface area contributed by atoms with E-state index in [9.17, 15) is 4.79 Å². The second kappa shape index (κ2) is 3.88. The van der Waals surface area contributed by atoms with Crippen molar-refractivity contribution in [3.05, 3.63) is 47.0 Å². The van der Waals surface area contributed by atoms with Gasteiger partial charge < -0.3 is 4.74 Å². The Morgan fingerprint density at radius 3 is 2.53 bits per heavy atom. The second-order valence-electron chi connectivity index (χ2n) is 4.42. The topological polar surface area (TPSA) is 26.3 Å². The third-order valence-electron chi connectivity index (χ3n) is 3.54. The van der Waals surface area contributed by atoms with Crippen LogP contribution in [-0.4, -0.2) is 13.1 Å². The van der Waals surface area contributed by atoms with Gasteiger partial charge in [-0.3, -0.25) is 0 Å². The molecule has 0 aliphatic heterocycles. The number of hydrogen-bond donors (Lipinski definition) is 0. The third kappa shape index (κ3) is 1.44. The molecule has 0 radical (unpaired) electrons. The molecule has 0 atom stereocenters. The third-order valence-corrected chi connectivity index (χ3v) is 3.54. The number of methoxy groups -OCH3 is 1. The maximum absolute atomic E-state index is 11.9. The zero-order chi connectivity index (χ0) is 11.8. The summed E-state index contributed by atoms with van der Waals surface area (Å²) in [6.45, 7) is 0. The van der Waals surface area contributed by atoms with Crippen LogP contribution in [0.15, 0.2) is 30.3 Å². The Balaban J connectivity index is 2.33. The van der Waals surface area contributed by atoms with Gasteiger partial charge in [-0.2, -0.15) is 0 Å². The van der Waals surface area contributed by atoms with Crippen LogP contribution < -0.4 is 0 Å². The van der Waals surface area contributed by atoms with Crippen molar-refractivity contribution in [1.82, 2.24) is 0 Å². The first-order chi connectivity index (χ1) is 8.33. The number of hydrogen-bond acceptors (Lipinski definition) is 2. The normalized spacial score (nSPS) is 13.7. The Bertz CT molecular complexity index is 557. The summed E-state index contributed by atoms with van der Waals surface area (Å²) in [5.41, 5.74) is 5.58. The molecule has 0 heterocycles. The monoisotopic (exact) mass is 226 g/mol. The predicted octanol–water partition coefficient (Wildman–Crippen LogP) is 3.07. The van der Waals surface area contributed by atoms with E-state index in [1.54, 1.807) is 0 Å². The highest BCUT2D eigenvalue weighted by molar-refractivity contribution is 6.02. The lowest BCUT2D eigenvalue weighted by molar-refractivity contribution is 0.0601. The van der Waals surface area contributed by atoms with Gasteiger partial charge in [0.2, 0.25) is 0 Å². The van der Waals surface area contributed by atoms with E-state index in [2.05, 4.69) is 6.07 Å². The van der Waals surface area contributed by atoms with Crippen LogP contribution >= 0.6 is 0 Å². The van der Waals surface area contributed by atoms with Crippen LogP contribution in [0.2, 0.25) is 0 Å². The van der Waals surface area contributed by atoms with Gasteiger partial charge >= 0.3 is 5.97 Å². The number of ether oxygens (including phenoxy) is 1. The molecule has 3 aliphatic carbocycles. The SMILES string of the molecule is COC(=O)c1c2cccccc-2c2c1CCC2. The molecule has 0 spiro atoms. The Morgan fingerprint density at radius 1 is 1.06 bits per heavy atom. The van der Waals surface area contributed by atoms with Gasteiger partial charge in [0.1, 0.15) is 0 Å². The van der Waals surface area contributed by atoms with Gasteiger partial charge in [-0.25, -0.2) is 4.79 Å². The standard InChI is InChI=1S/C15H14O2/c1-17-15(16)14-12-7-4-2-3-6-10(12)11-8-5-9-13(11)14/h2-4,6-7H,5,8-9H2,1H3. The summed E-state index contributed by atoms with van der Waals surface area (Å²) in [7, 11) is 1.45. The fraction of sp³-hybridized carbons (Fsp3) is 0.267. The molecule has 0 aromatic rings. The number of rotatable bonds is 1. The molecular formula is C15H14O2. The minimum Gasteiger partial charge on any atom is -0.465 e. The van der Waals surface area contributed by atoms with Gasteiger partial charge in [0.15, 0.2) is 0 Å². The number of carbonyl (C=O) groups is 1. The lowest BCUT2D eigenvalue weighted by atomic mass is 10.1. The molecule has 0 aromatic carbocycles.